The van der Waals surface area contributed by atoms with Crippen molar-refractivity contribution in [3.05, 3.63) is 98.4 Å². The molecule has 9 heteroatoms. The van der Waals surface area contributed by atoms with Gasteiger partial charge in [-0.2, -0.15) is 0 Å². The molecule has 1 aliphatic rings. The topological polar surface area (TPSA) is 63.4 Å². The number of halogens is 1. The van der Waals surface area contributed by atoms with Gasteiger partial charge < -0.3 is 0 Å². The maximum Gasteiger partial charge on any atom is 0.283 e. The molecule has 1 fully saturated rings. The van der Waals surface area contributed by atoms with E-state index in [2.05, 4.69) is 0 Å². The van der Waals surface area contributed by atoms with Crippen molar-refractivity contribution in [2.75, 3.05) is 4.90 Å². The van der Waals surface area contributed by atoms with Gasteiger partial charge in [-0.1, -0.05) is 71.6 Å². The van der Waals surface area contributed by atoms with Crippen LogP contribution in [0, 0.1) is 10.1 Å². The number of carbonyl (C=O) groups is 1. The molecule has 154 valence electrons. The smallest absolute Gasteiger partial charge is 0.268 e. The molecule has 0 atom stereocenters. The second kappa shape index (κ2) is 9.23. The minimum Gasteiger partial charge on any atom is -0.268 e. The first-order valence-corrected chi connectivity index (χ1v) is 11.4. The summed E-state index contributed by atoms with van der Waals surface area (Å²) in [4.78, 5) is 27.3. The number of nitrogens with zero attached hydrogens (tertiary/aromatic N) is 2. The number of thiocarbonyl (C=S) groups is 1. The molecule has 1 amide bonds. The van der Waals surface area contributed by atoms with Gasteiger partial charge in [-0.3, -0.25) is 19.8 Å². The molecule has 3 aromatic rings. The minimum atomic E-state index is -0.426. The Hall–Kier alpha value is -2.65. The lowest BCUT2D eigenvalue weighted by Gasteiger charge is -2.13. The quantitative estimate of drug-likeness (QED) is 0.171. The van der Waals surface area contributed by atoms with Crippen molar-refractivity contribution in [2.45, 2.75) is 9.79 Å². The second-order valence-electron chi connectivity index (χ2n) is 6.39. The third-order valence-electron chi connectivity index (χ3n) is 4.33. The minimum absolute atomic E-state index is 0.0350. The number of hydrogen-bond donors (Lipinski definition) is 0. The molecule has 1 aliphatic heterocycles. The molecular formula is C22H13ClN2O3S3. The molecule has 3 aromatic carbocycles. The van der Waals surface area contributed by atoms with Crippen molar-refractivity contribution in [2.24, 2.45) is 0 Å². The molecule has 0 N–H and O–H groups in total. The van der Waals surface area contributed by atoms with E-state index in [1.807, 2.05) is 18.2 Å². The fraction of sp³-hybridized carbons (Fsp3) is 0. The van der Waals surface area contributed by atoms with E-state index in [1.165, 1.54) is 34.5 Å². The monoisotopic (exact) mass is 484 g/mol. The Bertz CT molecular complexity index is 1210. The number of nitro groups is 1. The van der Waals surface area contributed by atoms with Crippen LogP contribution in [-0.2, 0) is 4.79 Å². The predicted molar refractivity (Wildman–Crippen MR) is 131 cm³/mol. The molecule has 0 saturated carbocycles. The molecule has 0 unspecified atom stereocenters. The van der Waals surface area contributed by atoms with Gasteiger partial charge in [0.1, 0.15) is 0 Å². The number of para-hydroxylation sites is 1. The fourth-order valence-corrected chi connectivity index (χ4v) is 5.23. The van der Waals surface area contributed by atoms with Gasteiger partial charge in [0.25, 0.3) is 11.6 Å². The number of carbonyl (C=O) groups excluding carboxylic acids is 1. The Morgan fingerprint density at radius 3 is 2.45 bits per heavy atom. The highest BCUT2D eigenvalue weighted by Gasteiger charge is 2.33. The van der Waals surface area contributed by atoms with Gasteiger partial charge in [-0.15, -0.1) is 0 Å². The zero-order valence-electron chi connectivity index (χ0n) is 15.7. The van der Waals surface area contributed by atoms with Gasteiger partial charge in [0, 0.05) is 16.0 Å². The van der Waals surface area contributed by atoms with Crippen molar-refractivity contribution in [3.8, 4) is 0 Å². The Balaban J connectivity index is 1.63. The van der Waals surface area contributed by atoms with Crippen LogP contribution in [0.15, 0.2) is 87.5 Å². The predicted octanol–water partition coefficient (Wildman–Crippen LogP) is 6.81. The van der Waals surface area contributed by atoms with E-state index >= 15 is 0 Å². The third kappa shape index (κ3) is 4.83. The van der Waals surface area contributed by atoms with Crippen LogP contribution in [0.5, 0.6) is 0 Å². The lowest BCUT2D eigenvalue weighted by molar-refractivity contribution is -0.387. The molecule has 0 bridgehead atoms. The van der Waals surface area contributed by atoms with Gasteiger partial charge in [-0.25, -0.2) is 0 Å². The number of nitro benzene ring substituents is 1. The van der Waals surface area contributed by atoms with Crippen LogP contribution in [0.1, 0.15) is 5.56 Å². The van der Waals surface area contributed by atoms with E-state index in [4.69, 9.17) is 23.8 Å². The summed E-state index contributed by atoms with van der Waals surface area (Å²) in [6.45, 7) is 0. The molecule has 0 aromatic heterocycles. The summed E-state index contributed by atoms with van der Waals surface area (Å²) in [5.41, 5.74) is 1.21. The Morgan fingerprint density at radius 1 is 1.06 bits per heavy atom. The van der Waals surface area contributed by atoms with Crippen LogP contribution in [-0.4, -0.2) is 15.2 Å². The van der Waals surface area contributed by atoms with Crippen molar-refractivity contribution in [3.63, 3.8) is 0 Å². The highest BCUT2D eigenvalue weighted by atomic mass is 35.5. The van der Waals surface area contributed by atoms with Gasteiger partial charge in [0.15, 0.2) is 4.32 Å². The van der Waals surface area contributed by atoms with Crippen LogP contribution >= 0.6 is 47.3 Å². The summed E-state index contributed by atoms with van der Waals surface area (Å²) in [6, 6.07) is 21.1. The Labute approximate surface area is 197 Å². The van der Waals surface area contributed by atoms with Crippen molar-refractivity contribution in [1.29, 1.82) is 0 Å². The largest absolute Gasteiger partial charge is 0.283 e. The average Bonchev–Trinajstić information content (AvgIpc) is 3.04. The number of anilines is 1. The molecule has 4 rings (SSSR count). The number of hydrogen-bond acceptors (Lipinski definition) is 6. The van der Waals surface area contributed by atoms with Crippen LogP contribution in [0.25, 0.3) is 6.08 Å². The maximum absolute atomic E-state index is 12.9. The van der Waals surface area contributed by atoms with E-state index in [9.17, 15) is 14.9 Å². The summed E-state index contributed by atoms with van der Waals surface area (Å²) in [5.74, 6) is -0.247. The van der Waals surface area contributed by atoms with E-state index in [0.29, 0.717) is 30.4 Å². The van der Waals surface area contributed by atoms with Crippen molar-refractivity contribution < 1.29 is 9.72 Å². The zero-order chi connectivity index (χ0) is 22.0. The lowest BCUT2D eigenvalue weighted by Crippen LogP contribution is -2.27. The summed E-state index contributed by atoms with van der Waals surface area (Å²) in [6.07, 6.45) is 1.63. The molecule has 1 heterocycles. The molecule has 0 aliphatic carbocycles. The van der Waals surface area contributed by atoms with E-state index < -0.39 is 4.92 Å². The molecule has 1 saturated heterocycles. The lowest BCUT2D eigenvalue weighted by atomic mass is 10.2. The highest BCUT2D eigenvalue weighted by Crippen LogP contribution is 2.39. The van der Waals surface area contributed by atoms with Crippen molar-refractivity contribution in [1.82, 2.24) is 0 Å². The number of thioether (sulfide) groups is 1. The van der Waals surface area contributed by atoms with E-state index in [-0.39, 0.29) is 11.6 Å². The fourth-order valence-electron chi connectivity index (χ4n) is 2.90. The van der Waals surface area contributed by atoms with Gasteiger partial charge in [0.05, 0.1) is 20.4 Å². The van der Waals surface area contributed by atoms with Gasteiger partial charge in [0.2, 0.25) is 0 Å². The first kappa shape index (κ1) is 21.6. The van der Waals surface area contributed by atoms with Crippen LogP contribution < -0.4 is 4.90 Å². The summed E-state index contributed by atoms with van der Waals surface area (Å²) in [7, 11) is 0. The molecule has 0 spiro atoms. The van der Waals surface area contributed by atoms with Gasteiger partial charge >= 0.3 is 0 Å². The van der Waals surface area contributed by atoms with Gasteiger partial charge in [-0.05, 0) is 54.1 Å². The Morgan fingerprint density at radius 2 is 1.77 bits per heavy atom. The SMILES string of the molecule is O=C1/C(=C/c2ccc(Sc3ccc(Cl)cc3)c([N+](=O)[O-])c2)SC(=S)N1c1ccccc1. The van der Waals surface area contributed by atoms with Crippen LogP contribution in [0.2, 0.25) is 5.02 Å². The summed E-state index contributed by atoms with van der Waals surface area (Å²) < 4.78 is 0.423. The summed E-state index contributed by atoms with van der Waals surface area (Å²) in [5, 5.41) is 12.3. The van der Waals surface area contributed by atoms with E-state index in [0.717, 1.165) is 4.90 Å². The summed E-state index contributed by atoms with van der Waals surface area (Å²) >= 11 is 13.7. The number of amides is 1. The molecule has 0 radical (unpaired) electrons. The third-order valence-corrected chi connectivity index (χ3v) is 6.95. The number of rotatable bonds is 5. The standard InChI is InChI=1S/C22H13ClN2O3S3/c23-15-7-9-17(10-8-15)30-19-11-6-14(12-18(19)25(27)28)13-20-21(26)24(22(29)31-20)16-4-2-1-3-5-16/h1-13H/b20-13-. The number of benzene rings is 3. The average molecular weight is 485 g/mol. The first-order valence-electron chi connectivity index (χ1n) is 8.97. The normalized spacial score (nSPS) is 15.0. The Kier molecular flexibility index (Phi) is 6.43. The first-order chi connectivity index (χ1) is 14.9. The zero-order valence-corrected chi connectivity index (χ0v) is 18.9. The molecule has 5 nitrogen and oxygen atoms in total. The second-order valence-corrected chi connectivity index (χ2v) is 9.62. The van der Waals surface area contributed by atoms with Crippen molar-refractivity contribution >= 4 is 75.0 Å². The molecule has 31 heavy (non-hydrogen) atoms. The highest BCUT2D eigenvalue weighted by molar-refractivity contribution is 8.27. The maximum atomic E-state index is 12.9. The molecular weight excluding hydrogens is 472 g/mol. The van der Waals surface area contributed by atoms with Crippen LogP contribution in [0.4, 0.5) is 11.4 Å². The van der Waals surface area contributed by atoms with Crippen LogP contribution in [0.3, 0.4) is 0 Å². The van der Waals surface area contributed by atoms with E-state index in [1.54, 1.807) is 54.6 Å².